The van der Waals surface area contributed by atoms with Crippen LogP contribution in [0.3, 0.4) is 0 Å². The van der Waals surface area contributed by atoms with E-state index in [1.165, 1.54) is 24.3 Å². The van der Waals surface area contributed by atoms with Gasteiger partial charge in [0.25, 0.3) is 11.6 Å². The van der Waals surface area contributed by atoms with Crippen LogP contribution < -0.4 is 16.0 Å². The Morgan fingerprint density at radius 2 is 1.78 bits per heavy atom. The monoisotopic (exact) mass is 366 g/mol. The molecule has 0 saturated carbocycles. The lowest BCUT2D eigenvalue weighted by Gasteiger charge is -2.29. The van der Waals surface area contributed by atoms with E-state index < -0.39 is 16.9 Å². The van der Waals surface area contributed by atoms with Gasteiger partial charge in [-0.15, -0.1) is 0 Å². The van der Waals surface area contributed by atoms with E-state index in [2.05, 4.69) is 16.0 Å². The maximum absolute atomic E-state index is 12.9. The van der Waals surface area contributed by atoms with Crippen molar-refractivity contribution in [2.45, 2.75) is 19.9 Å². The highest BCUT2D eigenvalue weighted by atomic mass is 16.6. The number of carbonyl (C=O) groups is 2. The van der Waals surface area contributed by atoms with Gasteiger partial charge in [-0.25, -0.2) is 4.79 Å². The number of allylic oxidation sites excluding steroid dienone is 1. The van der Waals surface area contributed by atoms with E-state index in [4.69, 9.17) is 0 Å². The molecule has 0 saturated heterocycles. The Morgan fingerprint density at radius 3 is 2.41 bits per heavy atom. The highest BCUT2D eigenvalue weighted by Gasteiger charge is 2.31. The van der Waals surface area contributed by atoms with Crippen molar-refractivity contribution in [1.29, 1.82) is 0 Å². The molecular formula is C19H18N4O4. The van der Waals surface area contributed by atoms with Gasteiger partial charge in [0.15, 0.2) is 0 Å². The zero-order valence-corrected chi connectivity index (χ0v) is 14.8. The number of nitro groups is 1. The molecule has 138 valence electrons. The number of hydrogen-bond donors (Lipinski definition) is 3. The van der Waals surface area contributed by atoms with Crippen LogP contribution in [-0.2, 0) is 4.79 Å². The topological polar surface area (TPSA) is 113 Å². The first-order chi connectivity index (χ1) is 12.9. The smallest absolute Gasteiger partial charge is 0.319 e. The Bertz CT molecular complexity index is 950. The summed E-state index contributed by atoms with van der Waals surface area (Å²) in [5.74, 6) is -0.401. The number of rotatable bonds is 4. The molecule has 3 amide bonds. The minimum absolute atomic E-state index is 0.0622. The molecule has 8 nitrogen and oxygen atoms in total. The Hall–Kier alpha value is -3.68. The molecule has 1 aliphatic rings. The van der Waals surface area contributed by atoms with Crippen LogP contribution in [0.2, 0.25) is 0 Å². The van der Waals surface area contributed by atoms with Gasteiger partial charge in [0.2, 0.25) is 0 Å². The summed E-state index contributed by atoms with van der Waals surface area (Å²) in [5.41, 5.74) is 2.95. The second-order valence-corrected chi connectivity index (χ2v) is 6.18. The molecule has 8 heteroatoms. The van der Waals surface area contributed by atoms with Gasteiger partial charge in [0, 0.05) is 23.5 Å². The third-order valence-electron chi connectivity index (χ3n) is 4.35. The van der Waals surface area contributed by atoms with Gasteiger partial charge in [-0.1, -0.05) is 24.3 Å². The van der Waals surface area contributed by atoms with Gasteiger partial charge < -0.3 is 16.0 Å². The van der Waals surface area contributed by atoms with Crippen molar-refractivity contribution in [1.82, 2.24) is 10.6 Å². The number of benzene rings is 2. The zero-order valence-electron chi connectivity index (χ0n) is 14.8. The summed E-state index contributed by atoms with van der Waals surface area (Å²) < 4.78 is 0. The standard InChI is InChI=1S/C19H18N4O4/c1-11-5-3-4-6-15(11)17-16(12(2)20-19(25)22-17)18(24)21-13-7-9-14(10-8-13)23(26)27/h3-10,17H,1-2H3,(H,21,24)(H2,20,22,25)/t17-/m0/s1. The molecule has 0 radical (unpaired) electrons. The lowest BCUT2D eigenvalue weighted by molar-refractivity contribution is -0.384. The van der Waals surface area contributed by atoms with Crippen molar-refractivity contribution in [2.24, 2.45) is 0 Å². The number of nitrogens with zero attached hydrogens (tertiary/aromatic N) is 1. The second-order valence-electron chi connectivity index (χ2n) is 6.18. The van der Waals surface area contributed by atoms with Crippen LogP contribution in [0.25, 0.3) is 0 Å². The zero-order chi connectivity index (χ0) is 19.6. The Labute approximate surface area is 155 Å². The van der Waals surface area contributed by atoms with Gasteiger partial charge in [0.05, 0.1) is 16.5 Å². The first-order valence-electron chi connectivity index (χ1n) is 8.26. The summed E-state index contributed by atoms with van der Waals surface area (Å²) in [6.45, 7) is 3.57. The highest BCUT2D eigenvalue weighted by Crippen LogP contribution is 2.29. The SMILES string of the molecule is CC1=C(C(=O)Nc2ccc([N+](=O)[O-])cc2)[C@H](c2ccccc2C)NC(=O)N1. The lowest BCUT2D eigenvalue weighted by atomic mass is 9.92. The molecule has 0 bridgehead atoms. The van der Waals surface area contributed by atoms with E-state index in [0.29, 0.717) is 17.0 Å². The van der Waals surface area contributed by atoms with E-state index in [9.17, 15) is 19.7 Å². The average molecular weight is 366 g/mol. The van der Waals surface area contributed by atoms with Gasteiger partial charge in [0.1, 0.15) is 0 Å². The molecule has 0 aliphatic carbocycles. The third kappa shape index (κ3) is 3.79. The number of carbonyl (C=O) groups excluding carboxylic acids is 2. The molecule has 3 N–H and O–H groups in total. The molecule has 0 aromatic heterocycles. The molecule has 1 aliphatic heterocycles. The maximum Gasteiger partial charge on any atom is 0.319 e. The first-order valence-corrected chi connectivity index (χ1v) is 8.26. The molecular weight excluding hydrogens is 348 g/mol. The first kappa shape index (κ1) is 18.1. The molecule has 2 aromatic rings. The fourth-order valence-electron chi connectivity index (χ4n) is 3.00. The number of urea groups is 1. The molecule has 3 rings (SSSR count). The van der Waals surface area contributed by atoms with Crippen LogP contribution in [0.15, 0.2) is 59.8 Å². The molecule has 1 atom stereocenters. The summed E-state index contributed by atoms with van der Waals surface area (Å²) in [4.78, 5) is 35.1. The van der Waals surface area contributed by atoms with Crippen molar-refractivity contribution >= 4 is 23.3 Å². The van der Waals surface area contributed by atoms with Crippen LogP contribution in [0.4, 0.5) is 16.2 Å². The van der Waals surface area contributed by atoms with Crippen LogP contribution in [-0.4, -0.2) is 16.9 Å². The fourth-order valence-corrected chi connectivity index (χ4v) is 3.00. The Morgan fingerprint density at radius 1 is 1.11 bits per heavy atom. The van der Waals surface area contributed by atoms with Crippen molar-refractivity contribution < 1.29 is 14.5 Å². The van der Waals surface area contributed by atoms with E-state index in [-0.39, 0.29) is 11.7 Å². The quantitative estimate of drug-likeness (QED) is 0.570. The minimum Gasteiger partial charge on any atom is -0.327 e. The van der Waals surface area contributed by atoms with Crippen LogP contribution in [0.5, 0.6) is 0 Å². The summed E-state index contributed by atoms with van der Waals surface area (Å²) in [5, 5.41) is 18.9. The van der Waals surface area contributed by atoms with Crippen molar-refractivity contribution in [3.8, 4) is 0 Å². The Kier molecular flexibility index (Phi) is 4.89. The second kappa shape index (κ2) is 7.28. The number of non-ortho nitro benzene ring substituents is 1. The van der Waals surface area contributed by atoms with Gasteiger partial charge >= 0.3 is 6.03 Å². The van der Waals surface area contributed by atoms with Gasteiger partial charge in [-0.3, -0.25) is 14.9 Å². The number of nitrogens with one attached hydrogen (secondary N) is 3. The minimum atomic E-state index is -0.599. The lowest BCUT2D eigenvalue weighted by Crippen LogP contribution is -2.46. The van der Waals surface area contributed by atoms with Crippen LogP contribution >= 0.6 is 0 Å². The van der Waals surface area contributed by atoms with E-state index in [1.54, 1.807) is 6.92 Å². The highest BCUT2D eigenvalue weighted by molar-refractivity contribution is 6.06. The maximum atomic E-state index is 12.9. The molecule has 1 heterocycles. The number of anilines is 1. The molecule has 0 unspecified atom stereocenters. The van der Waals surface area contributed by atoms with Crippen molar-refractivity contribution in [2.75, 3.05) is 5.32 Å². The van der Waals surface area contributed by atoms with Gasteiger partial charge in [-0.05, 0) is 37.1 Å². The number of nitro benzene ring substituents is 1. The van der Waals surface area contributed by atoms with Crippen molar-refractivity contribution in [3.63, 3.8) is 0 Å². The Balaban J connectivity index is 1.92. The van der Waals surface area contributed by atoms with Crippen LogP contribution in [0.1, 0.15) is 24.1 Å². The normalized spacial score (nSPS) is 16.4. The summed E-state index contributed by atoms with van der Waals surface area (Å²) in [7, 11) is 0. The van der Waals surface area contributed by atoms with E-state index in [0.717, 1.165) is 11.1 Å². The molecule has 0 fully saturated rings. The van der Waals surface area contributed by atoms with Gasteiger partial charge in [-0.2, -0.15) is 0 Å². The predicted molar refractivity (Wildman–Crippen MR) is 100 cm³/mol. The van der Waals surface area contributed by atoms with Crippen LogP contribution in [0, 0.1) is 17.0 Å². The fraction of sp³-hybridized carbons (Fsp3) is 0.158. The number of hydrogen-bond acceptors (Lipinski definition) is 4. The molecule has 0 spiro atoms. The summed E-state index contributed by atoms with van der Waals surface area (Å²) >= 11 is 0. The predicted octanol–water partition coefficient (Wildman–Crippen LogP) is 3.17. The molecule has 27 heavy (non-hydrogen) atoms. The summed E-state index contributed by atoms with van der Waals surface area (Å²) in [6, 6.07) is 12.1. The molecule has 2 aromatic carbocycles. The largest absolute Gasteiger partial charge is 0.327 e. The van der Waals surface area contributed by atoms with E-state index in [1.807, 2.05) is 31.2 Å². The average Bonchev–Trinajstić information content (AvgIpc) is 2.61. The summed E-state index contributed by atoms with van der Waals surface area (Å²) in [6.07, 6.45) is 0. The van der Waals surface area contributed by atoms with E-state index >= 15 is 0 Å². The number of amides is 3. The van der Waals surface area contributed by atoms with Crippen molar-refractivity contribution in [3.05, 3.63) is 81.0 Å². The number of aryl methyl sites for hydroxylation is 1. The third-order valence-corrected chi connectivity index (χ3v) is 4.35.